The third-order valence-electron chi connectivity index (χ3n) is 9.19. The highest BCUT2D eigenvalue weighted by molar-refractivity contribution is 6.18. The summed E-state index contributed by atoms with van der Waals surface area (Å²) in [4.78, 5) is 8.96. The Hall–Kier alpha value is -7.42. The van der Waals surface area contributed by atoms with Crippen molar-refractivity contribution in [1.82, 2.24) is 9.97 Å². The summed E-state index contributed by atoms with van der Waals surface area (Å²) in [5.41, 5.74) is -4.03. The molecule has 0 fully saturated rings. The molecule has 0 N–H and O–H groups in total. The number of nitriles is 4. The first-order valence-corrected chi connectivity index (χ1v) is 16.2. The van der Waals surface area contributed by atoms with E-state index in [1.54, 1.807) is 30.3 Å². The van der Waals surface area contributed by atoms with Crippen LogP contribution in [-0.4, -0.2) is 16.1 Å². The lowest BCUT2D eigenvalue weighted by Crippen LogP contribution is -2.30. The molecule has 7 rings (SSSR count). The third kappa shape index (κ3) is 6.06. The number of benzene rings is 4. The molecule has 55 heavy (non-hydrogen) atoms. The maximum absolute atomic E-state index is 14.7. The molecule has 1 aliphatic rings. The highest BCUT2D eigenvalue weighted by atomic mass is 19.4. The molecule has 0 radical (unpaired) electrons. The number of allylic oxidation sites excluding steroid dienone is 4. The van der Waals surface area contributed by atoms with Crippen LogP contribution in [0.3, 0.4) is 0 Å². The fraction of sp³-hybridized carbons (Fsp3) is 0.122. The van der Waals surface area contributed by atoms with Crippen molar-refractivity contribution < 1.29 is 35.2 Å². The molecule has 0 saturated heterocycles. The Morgan fingerprint density at radius 1 is 0.618 bits per heavy atom. The van der Waals surface area contributed by atoms with E-state index in [1.165, 1.54) is 85.8 Å². The number of oxazole rings is 2. The molecule has 0 bridgehead atoms. The Labute approximate surface area is 306 Å². The largest absolute Gasteiger partial charge is 0.434 e. The van der Waals surface area contributed by atoms with Crippen molar-refractivity contribution >= 4 is 38.9 Å². The van der Waals surface area contributed by atoms with Gasteiger partial charge in [0.2, 0.25) is 11.1 Å². The van der Waals surface area contributed by atoms with Gasteiger partial charge in [-0.25, -0.2) is 9.97 Å². The molecule has 1 aliphatic carbocycles. The number of rotatable bonds is 4. The lowest BCUT2D eigenvalue weighted by atomic mass is 9.77. The lowest BCUT2D eigenvalue weighted by Gasteiger charge is -2.30. The van der Waals surface area contributed by atoms with E-state index in [4.69, 9.17) is 8.83 Å². The topological polar surface area (TPSA) is 147 Å². The SMILES string of the molecule is CC1C=CC=C(c2ccccc2-c2c3nc(=C(C#N)C#N)oc3c(-c3ccccc3-c3ccccc3C(F)(F)F)c3nc(=C(C#N)C#N)oc23)C1C(F)(F)F. The number of aromatic nitrogens is 2. The average Bonchev–Trinajstić information content (AvgIpc) is 3.79. The van der Waals surface area contributed by atoms with Gasteiger partial charge in [-0.3, -0.25) is 0 Å². The van der Waals surface area contributed by atoms with E-state index in [9.17, 15) is 47.4 Å². The van der Waals surface area contributed by atoms with Crippen molar-refractivity contribution in [2.24, 2.45) is 11.8 Å². The standard InChI is InChI=1S/C41H20F6N6O2/c1-21-9-8-15-29(33(21)41(45,46)47)25-11-3-5-14-28(25)32-35-36(54-39(53-35)23(19-50)20-51)31(34-37(32)55-38(52-34)22(17-48)18-49)27-13-4-2-10-24(27)26-12-6-7-16-30(26)40(42,43)44/h2-16,21,33H,1H3. The highest BCUT2D eigenvalue weighted by Crippen LogP contribution is 2.50. The molecule has 268 valence electrons. The molecule has 0 aliphatic heterocycles. The van der Waals surface area contributed by atoms with Crippen LogP contribution in [0.5, 0.6) is 0 Å². The maximum Gasteiger partial charge on any atom is 0.417 e. The summed E-state index contributed by atoms with van der Waals surface area (Å²) in [6.07, 6.45) is -5.20. The van der Waals surface area contributed by atoms with E-state index in [-0.39, 0.29) is 66.7 Å². The first-order chi connectivity index (χ1) is 26.3. The van der Waals surface area contributed by atoms with E-state index in [1.807, 2.05) is 0 Å². The second-order valence-electron chi connectivity index (χ2n) is 12.4. The number of hydrogen-bond acceptors (Lipinski definition) is 8. The molecular weight excluding hydrogens is 722 g/mol. The van der Waals surface area contributed by atoms with Crippen LogP contribution in [0, 0.1) is 57.2 Å². The minimum Gasteiger partial charge on any atom is -0.434 e. The highest BCUT2D eigenvalue weighted by Gasteiger charge is 2.46. The van der Waals surface area contributed by atoms with Crippen LogP contribution in [0.25, 0.3) is 72.3 Å². The zero-order valence-electron chi connectivity index (χ0n) is 28.1. The van der Waals surface area contributed by atoms with Crippen molar-refractivity contribution in [3.05, 3.63) is 113 Å². The Balaban J connectivity index is 1.71. The van der Waals surface area contributed by atoms with Crippen molar-refractivity contribution in [3.63, 3.8) is 0 Å². The van der Waals surface area contributed by atoms with Crippen molar-refractivity contribution in [3.8, 4) is 57.7 Å². The number of alkyl halides is 6. The third-order valence-corrected chi connectivity index (χ3v) is 9.19. The summed E-state index contributed by atoms with van der Waals surface area (Å²) in [6, 6.07) is 23.5. The van der Waals surface area contributed by atoms with Gasteiger partial charge in [0, 0.05) is 0 Å². The van der Waals surface area contributed by atoms with Gasteiger partial charge in [0.05, 0.1) is 22.6 Å². The molecule has 2 atom stereocenters. The van der Waals surface area contributed by atoms with Gasteiger partial charge >= 0.3 is 12.4 Å². The molecule has 6 aromatic rings. The molecule has 2 aromatic heterocycles. The van der Waals surface area contributed by atoms with Crippen LogP contribution in [0.1, 0.15) is 18.1 Å². The summed E-state index contributed by atoms with van der Waals surface area (Å²) in [5.74, 6) is -2.91. The molecule has 4 aromatic carbocycles. The quantitative estimate of drug-likeness (QED) is 0.163. The zero-order chi connectivity index (χ0) is 39.2. The number of nitrogens with zero attached hydrogens (tertiary/aromatic N) is 6. The Kier molecular flexibility index (Phi) is 8.84. The zero-order valence-corrected chi connectivity index (χ0v) is 28.1. The average molecular weight is 743 g/mol. The van der Waals surface area contributed by atoms with E-state index < -0.39 is 52.0 Å². The minimum absolute atomic E-state index is 0.0318. The van der Waals surface area contributed by atoms with Crippen LogP contribution in [0.15, 0.2) is 99.9 Å². The molecule has 14 heteroatoms. The minimum atomic E-state index is -4.79. The predicted octanol–water partition coefficient (Wildman–Crippen LogP) is 9.15. The van der Waals surface area contributed by atoms with E-state index in [2.05, 4.69) is 9.97 Å². The summed E-state index contributed by atoms with van der Waals surface area (Å²) >= 11 is 0. The fourth-order valence-electron chi connectivity index (χ4n) is 6.91. The van der Waals surface area contributed by atoms with Gasteiger partial charge in [-0.1, -0.05) is 91.9 Å². The van der Waals surface area contributed by atoms with Crippen molar-refractivity contribution in [1.29, 1.82) is 21.0 Å². The lowest BCUT2D eigenvalue weighted by molar-refractivity contribution is -0.165. The van der Waals surface area contributed by atoms with Gasteiger partial charge in [-0.2, -0.15) is 47.4 Å². The number of halogens is 6. The van der Waals surface area contributed by atoms with Gasteiger partial charge in [0.25, 0.3) is 0 Å². The maximum atomic E-state index is 14.7. The second kappa shape index (κ2) is 13.5. The molecule has 0 saturated carbocycles. The normalized spacial score (nSPS) is 15.5. The van der Waals surface area contributed by atoms with Crippen LogP contribution < -0.4 is 11.1 Å². The van der Waals surface area contributed by atoms with Gasteiger partial charge in [-0.15, -0.1) is 0 Å². The molecule has 0 amide bonds. The van der Waals surface area contributed by atoms with Gasteiger partial charge in [-0.05, 0) is 45.4 Å². The smallest absolute Gasteiger partial charge is 0.417 e. The summed E-state index contributed by atoms with van der Waals surface area (Å²) < 4.78 is 99.6. The van der Waals surface area contributed by atoms with Crippen LogP contribution in [-0.2, 0) is 6.18 Å². The van der Waals surface area contributed by atoms with Crippen molar-refractivity contribution in [2.45, 2.75) is 19.3 Å². The predicted molar refractivity (Wildman–Crippen MR) is 187 cm³/mol. The first-order valence-electron chi connectivity index (χ1n) is 16.2. The van der Waals surface area contributed by atoms with Crippen LogP contribution in [0.2, 0.25) is 0 Å². The van der Waals surface area contributed by atoms with E-state index in [0.717, 1.165) is 6.07 Å². The van der Waals surface area contributed by atoms with Crippen molar-refractivity contribution in [2.75, 3.05) is 0 Å². The Bertz CT molecular complexity index is 2810. The van der Waals surface area contributed by atoms with E-state index in [0.29, 0.717) is 0 Å². The van der Waals surface area contributed by atoms with Gasteiger partial charge < -0.3 is 8.83 Å². The number of hydrogen-bond donors (Lipinski definition) is 0. The molecular formula is C41H20F6N6O2. The molecule has 8 nitrogen and oxygen atoms in total. The van der Waals surface area contributed by atoms with Crippen LogP contribution >= 0.6 is 0 Å². The van der Waals surface area contributed by atoms with Gasteiger partial charge in [0.15, 0.2) is 22.3 Å². The molecule has 0 spiro atoms. The summed E-state index contributed by atoms with van der Waals surface area (Å²) in [5, 5.41) is 39.2. The monoisotopic (exact) mass is 742 g/mol. The fourth-order valence-corrected chi connectivity index (χ4v) is 6.91. The van der Waals surface area contributed by atoms with Gasteiger partial charge in [0.1, 0.15) is 35.3 Å². The first kappa shape index (κ1) is 36.0. The molecule has 2 unspecified atom stereocenters. The Morgan fingerprint density at radius 2 is 1.05 bits per heavy atom. The number of fused-ring (bicyclic) bond motifs is 2. The Morgan fingerprint density at radius 3 is 1.53 bits per heavy atom. The summed E-state index contributed by atoms with van der Waals surface area (Å²) in [6.45, 7) is 1.43. The van der Waals surface area contributed by atoms with E-state index >= 15 is 0 Å². The summed E-state index contributed by atoms with van der Waals surface area (Å²) in [7, 11) is 0. The second-order valence-corrected chi connectivity index (χ2v) is 12.4. The van der Waals surface area contributed by atoms with Crippen LogP contribution in [0.4, 0.5) is 26.3 Å². The molecule has 2 heterocycles.